The SMILES string of the molecule is COc1ccc([C@@]2(C)NC(=O)N(CC(=O)N[C@H](CC(C)C)c3nc4ccccc4[nH]3)C2=O)cc1. The van der Waals surface area contributed by atoms with E-state index in [4.69, 9.17) is 4.74 Å². The van der Waals surface area contributed by atoms with E-state index in [1.807, 2.05) is 24.3 Å². The molecule has 178 valence electrons. The van der Waals surface area contributed by atoms with E-state index in [2.05, 4.69) is 34.4 Å². The van der Waals surface area contributed by atoms with Crippen LogP contribution in [0.1, 0.15) is 44.6 Å². The number of para-hydroxylation sites is 2. The lowest BCUT2D eigenvalue weighted by atomic mass is 9.92. The summed E-state index contributed by atoms with van der Waals surface area (Å²) in [7, 11) is 1.55. The van der Waals surface area contributed by atoms with E-state index in [1.165, 1.54) is 0 Å². The molecule has 34 heavy (non-hydrogen) atoms. The Morgan fingerprint density at radius 3 is 2.50 bits per heavy atom. The fraction of sp³-hybridized carbons (Fsp3) is 0.360. The lowest BCUT2D eigenvalue weighted by molar-refractivity contribution is -0.135. The number of ether oxygens (including phenoxy) is 1. The number of nitrogens with zero attached hydrogens (tertiary/aromatic N) is 2. The van der Waals surface area contributed by atoms with Gasteiger partial charge in [-0.25, -0.2) is 9.78 Å². The summed E-state index contributed by atoms with van der Waals surface area (Å²) in [5.74, 6) is 0.648. The van der Waals surface area contributed by atoms with Gasteiger partial charge in [-0.1, -0.05) is 38.1 Å². The van der Waals surface area contributed by atoms with Crippen molar-refractivity contribution in [2.24, 2.45) is 5.92 Å². The number of amides is 4. The molecule has 0 unspecified atom stereocenters. The summed E-state index contributed by atoms with van der Waals surface area (Å²) < 4.78 is 5.16. The molecule has 9 heteroatoms. The molecule has 2 heterocycles. The molecule has 4 amide bonds. The Hall–Kier alpha value is -3.88. The molecule has 1 aliphatic rings. The Morgan fingerprint density at radius 1 is 1.15 bits per heavy atom. The molecule has 0 radical (unpaired) electrons. The lowest BCUT2D eigenvalue weighted by Gasteiger charge is -2.23. The number of aromatic amines is 1. The van der Waals surface area contributed by atoms with Gasteiger partial charge in [0.25, 0.3) is 5.91 Å². The van der Waals surface area contributed by atoms with Crippen molar-refractivity contribution in [1.82, 2.24) is 25.5 Å². The number of hydrogen-bond acceptors (Lipinski definition) is 5. The number of nitrogens with one attached hydrogen (secondary N) is 3. The van der Waals surface area contributed by atoms with Crippen LogP contribution in [-0.2, 0) is 15.1 Å². The van der Waals surface area contributed by atoms with Gasteiger partial charge in [0.15, 0.2) is 0 Å². The normalized spacial score (nSPS) is 18.9. The summed E-state index contributed by atoms with van der Waals surface area (Å²) in [4.78, 5) is 47.6. The number of H-pyrrole nitrogens is 1. The molecule has 1 fully saturated rings. The van der Waals surface area contributed by atoms with Gasteiger partial charge in [-0.15, -0.1) is 0 Å². The monoisotopic (exact) mass is 463 g/mol. The van der Waals surface area contributed by atoms with Crippen LogP contribution in [0.15, 0.2) is 48.5 Å². The molecule has 3 N–H and O–H groups in total. The highest BCUT2D eigenvalue weighted by Crippen LogP contribution is 2.30. The second-order valence-corrected chi connectivity index (χ2v) is 9.06. The highest BCUT2D eigenvalue weighted by Gasteiger charge is 2.49. The largest absolute Gasteiger partial charge is 0.497 e. The number of methoxy groups -OCH3 is 1. The van der Waals surface area contributed by atoms with Crippen molar-refractivity contribution in [3.05, 3.63) is 59.9 Å². The van der Waals surface area contributed by atoms with E-state index in [-0.39, 0.29) is 18.5 Å². The van der Waals surface area contributed by atoms with Gasteiger partial charge in [0.05, 0.1) is 24.2 Å². The van der Waals surface area contributed by atoms with E-state index in [1.54, 1.807) is 38.3 Å². The second kappa shape index (κ2) is 9.17. The van der Waals surface area contributed by atoms with Crippen LogP contribution < -0.4 is 15.4 Å². The van der Waals surface area contributed by atoms with Gasteiger partial charge in [0, 0.05) is 0 Å². The Balaban J connectivity index is 1.50. The number of imide groups is 1. The fourth-order valence-electron chi connectivity index (χ4n) is 4.19. The summed E-state index contributed by atoms with van der Waals surface area (Å²) in [6, 6.07) is 13.5. The topological polar surface area (TPSA) is 116 Å². The third-order valence-corrected chi connectivity index (χ3v) is 6.02. The van der Waals surface area contributed by atoms with Gasteiger partial charge in [-0.2, -0.15) is 0 Å². The Labute approximate surface area is 197 Å². The highest BCUT2D eigenvalue weighted by atomic mass is 16.5. The number of aromatic nitrogens is 2. The van der Waals surface area contributed by atoms with Crippen LogP contribution in [0.25, 0.3) is 11.0 Å². The van der Waals surface area contributed by atoms with Crippen molar-refractivity contribution < 1.29 is 19.1 Å². The van der Waals surface area contributed by atoms with E-state index in [0.29, 0.717) is 23.6 Å². The third-order valence-electron chi connectivity index (χ3n) is 6.02. The molecule has 4 rings (SSSR count). The Morgan fingerprint density at radius 2 is 1.85 bits per heavy atom. The first-order valence-electron chi connectivity index (χ1n) is 11.2. The summed E-state index contributed by atoms with van der Waals surface area (Å²) in [6.07, 6.45) is 0.648. The maximum absolute atomic E-state index is 13.2. The maximum Gasteiger partial charge on any atom is 0.325 e. The van der Waals surface area contributed by atoms with Gasteiger partial charge in [0.1, 0.15) is 23.7 Å². The number of benzene rings is 2. The summed E-state index contributed by atoms with van der Waals surface area (Å²) in [5.41, 5.74) is 1.03. The number of urea groups is 1. The van der Waals surface area contributed by atoms with E-state index < -0.39 is 23.4 Å². The van der Waals surface area contributed by atoms with Crippen molar-refractivity contribution in [1.29, 1.82) is 0 Å². The van der Waals surface area contributed by atoms with Crippen molar-refractivity contribution in [3.8, 4) is 5.75 Å². The molecule has 1 saturated heterocycles. The quantitative estimate of drug-likeness (QED) is 0.444. The minimum absolute atomic E-state index is 0.286. The van der Waals surface area contributed by atoms with E-state index >= 15 is 0 Å². The standard InChI is InChI=1S/C25H29N5O4/c1-15(2)13-20(22-27-18-7-5-6-8-19(18)28-22)26-21(31)14-30-23(32)25(3,29-24(30)33)16-9-11-17(34-4)12-10-16/h5-12,15,20H,13-14H2,1-4H3,(H,26,31)(H,27,28)(H,29,33)/t20-,25-/m1/s1. The molecule has 0 spiro atoms. The molecule has 1 aromatic heterocycles. The zero-order valence-electron chi connectivity index (χ0n) is 19.7. The molecule has 1 aliphatic heterocycles. The number of fused-ring (bicyclic) bond motifs is 1. The molecule has 0 bridgehead atoms. The summed E-state index contributed by atoms with van der Waals surface area (Å²) in [5, 5.41) is 5.68. The number of hydrogen-bond donors (Lipinski definition) is 3. The van der Waals surface area contributed by atoms with Crippen molar-refractivity contribution >= 4 is 28.9 Å². The van der Waals surface area contributed by atoms with Gasteiger partial charge in [0.2, 0.25) is 5.91 Å². The molecule has 2 aromatic carbocycles. The predicted molar refractivity (Wildman–Crippen MR) is 127 cm³/mol. The van der Waals surface area contributed by atoms with Crippen LogP contribution in [0.5, 0.6) is 5.75 Å². The molecule has 0 saturated carbocycles. The Bertz CT molecular complexity index is 1190. The number of carbonyl (C=O) groups excluding carboxylic acids is 3. The predicted octanol–water partition coefficient (Wildman–Crippen LogP) is 3.24. The van der Waals surface area contributed by atoms with Crippen molar-refractivity contribution in [2.45, 2.75) is 38.8 Å². The van der Waals surface area contributed by atoms with Crippen LogP contribution in [-0.4, -0.2) is 46.4 Å². The summed E-state index contributed by atoms with van der Waals surface area (Å²) in [6.45, 7) is 5.35. The van der Waals surface area contributed by atoms with E-state index in [0.717, 1.165) is 15.9 Å². The van der Waals surface area contributed by atoms with Crippen LogP contribution in [0.3, 0.4) is 0 Å². The minimum Gasteiger partial charge on any atom is -0.497 e. The average Bonchev–Trinajstić information content (AvgIpc) is 3.34. The lowest BCUT2D eigenvalue weighted by Crippen LogP contribution is -2.44. The molecular weight excluding hydrogens is 434 g/mol. The molecular formula is C25H29N5O4. The van der Waals surface area contributed by atoms with E-state index in [9.17, 15) is 14.4 Å². The fourth-order valence-corrected chi connectivity index (χ4v) is 4.19. The molecule has 3 aromatic rings. The molecule has 9 nitrogen and oxygen atoms in total. The number of rotatable bonds is 8. The molecule has 0 aliphatic carbocycles. The summed E-state index contributed by atoms with van der Waals surface area (Å²) >= 11 is 0. The zero-order chi connectivity index (χ0) is 24.5. The first-order chi connectivity index (χ1) is 16.2. The van der Waals surface area contributed by atoms with Gasteiger partial charge >= 0.3 is 6.03 Å². The maximum atomic E-state index is 13.2. The number of imidazole rings is 1. The van der Waals surface area contributed by atoms with Crippen LogP contribution in [0.2, 0.25) is 0 Å². The van der Waals surface area contributed by atoms with Crippen LogP contribution in [0, 0.1) is 5.92 Å². The van der Waals surface area contributed by atoms with Crippen LogP contribution in [0.4, 0.5) is 4.79 Å². The molecule has 2 atom stereocenters. The first-order valence-corrected chi connectivity index (χ1v) is 11.2. The first kappa shape index (κ1) is 23.3. The van der Waals surface area contributed by atoms with Crippen molar-refractivity contribution in [3.63, 3.8) is 0 Å². The third kappa shape index (κ3) is 4.46. The average molecular weight is 464 g/mol. The highest BCUT2D eigenvalue weighted by molar-refractivity contribution is 6.09. The Kier molecular flexibility index (Phi) is 6.28. The van der Waals surface area contributed by atoms with Crippen LogP contribution >= 0.6 is 0 Å². The van der Waals surface area contributed by atoms with Crippen molar-refractivity contribution in [2.75, 3.05) is 13.7 Å². The van der Waals surface area contributed by atoms with Gasteiger partial charge in [-0.3, -0.25) is 14.5 Å². The number of carbonyl (C=O) groups is 3. The van der Waals surface area contributed by atoms with Gasteiger partial charge < -0.3 is 20.4 Å². The van der Waals surface area contributed by atoms with Gasteiger partial charge in [-0.05, 0) is 49.1 Å². The zero-order valence-corrected chi connectivity index (χ0v) is 19.7. The minimum atomic E-state index is -1.26. The second-order valence-electron chi connectivity index (χ2n) is 9.06. The smallest absolute Gasteiger partial charge is 0.325 e.